The molecule has 6 heteroatoms. The number of fused-ring (bicyclic) bond motifs is 1. The van der Waals surface area contributed by atoms with Crippen LogP contribution in [0.25, 0.3) is 0 Å². The van der Waals surface area contributed by atoms with Crippen LogP contribution < -0.4 is 15.4 Å². The van der Waals surface area contributed by atoms with Crippen LogP contribution in [0.1, 0.15) is 43.4 Å². The van der Waals surface area contributed by atoms with Gasteiger partial charge in [-0.2, -0.15) is 0 Å². The van der Waals surface area contributed by atoms with Crippen LogP contribution in [-0.4, -0.2) is 43.0 Å². The van der Waals surface area contributed by atoms with Crippen molar-refractivity contribution in [3.8, 4) is 5.75 Å². The molecule has 1 saturated heterocycles. The Hall–Kier alpha value is -2.86. The Morgan fingerprint density at radius 3 is 2.71 bits per heavy atom. The van der Waals surface area contributed by atoms with Crippen molar-refractivity contribution in [3.63, 3.8) is 0 Å². The number of anilines is 1. The van der Waals surface area contributed by atoms with Gasteiger partial charge < -0.3 is 15.4 Å². The average Bonchev–Trinajstić information content (AvgIpc) is 2.79. The standard InChI is InChI=1S/C25H31N3O3/c1-18-11-13-28(14-12-18)23(19-5-3-2-4-6-19)16-26-25(30)17-31-21-8-9-22-20(15-21)7-10-24(29)27-22/h2-6,8-9,15,18,23H,7,10-14,16-17H2,1H3,(H,26,30)(H,27,29). The van der Waals surface area contributed by atoms with E-state index in [0.29, 0.717) is 25.1 Å². The number of aryl methyl sites for hydroxylation is 1. The molecule has 2 aromatic carbocycles. The van der Waals surface area contributed by atoms with Gasteiger partial charge in [0.15, 0.2) is 6.61 Å². The van der Waals surface area contributed by atoms with E-state index in [1.807, 2.05) is 18.2 Å². The Labute approximate surface area is 184 Å². The zero-order chi connectivity index (χ0) is 21.6. The zero-order valence-corrected chi connectivity index (χ0v) is 18.1. The summed E-state index contributed by atoms with van der Waals surface area (Å²) in [6, 6.07) is 16.1. The number of rotatable bonds is 7. The molecule has 4 rings (SSSR count). The number of hydrogen-bond donors (Lipinski definition) is 2. The van der Waals surface area contributed by atoms with Gasteiger partial charge >= 0.3 is 0 Å². The van der Waals surface area contributed by atoms with Crippen LogP contribution >= 0.6 is 0 Å². The topological polar surface area (TPSA) is 70.7 Å². The summed E-state index contributed by atoms with van der Waals surface area (Å²) in [6.45, 7) is 4.96. The van der Waals surface area contributed by atoms with E-state index in [-0.39, 0.29) is 24.5 Å². The summed E-state index contributed by atoms with van der Waals surface area (Å²) >= 11 is 0. The highest BCUT2D eigenvalue weighted by Crippen LogP contribution is 2.27. The highest BCUT2D eigenvalue weighted by atomic mass is 16.5. The van der Waals surface area contributed by atoms with Gasteiger partial charge in [0.25, 0.3) is 5.91 Å². The van der Waals surface area contributed by atoms with Gasteiger partial charge in [-0.1, -0.05) is 37.3 Å². The fourth-order valence-electron chi connectivity index (χ4n) is 4.33. The van der Waals surface area contributed by atoms with E-state index >= 15 is 0 Å². The molecule has 2 aliphatic rings. The maximum atomic E-state index is 12.5. The number of carbonyl (C=O) groups excluding carboxylic acids is 2. The summed E-state index contributed by atoms with van der Waals surface area (Å²) < 4.78 is 5.72. The fourth-order valence-corrected chi connectivity index (χ4v) is 4.33. The molecular formula is C25H31N3O3. The van der Waals surface area contributed by atoms with Crippen LogP contribution in [0.2, 0.25) is 0 Å². The van der Waals surface area contributed by atoms with Crippen LogP contribution in [0.15, 0.2) is 48.5 Å². The molecule has 1 atom stereocenters. The molecule has 2 amide bonds. The molecule has 2 aromatic rings. The first-order valence-corrected chi connectivity index (χ1v) is 11.2. The first kappa shape index (κ1) is 21.4. The van der Waals surface area contributed by atoms with Crippen molar-refractivity contribution in [1.29, 1.82) is 0 Å². The second-order valence-electron chi connectivity index (χ2n) is 8.60. The van der Waals surface area contributed by atoms with Gasteiger partial charge in [0.1, 0.15) is 5.75 Å². The molecule has 0 saturated carbocycles. The summed E-state index contributed by atoms with van der Waals surface area (Å²) in [5.74, 6) is 1.32. The highest BCUT2D eigenvalue weighted by molar-refractivity contribution is 5.94. The third kappa shape index (κ3) is 5.64. The Balaban J connectivity index is 1.32. The number of amides is 2. The van der Waals surface area contributed by atoms with Crippen LogP contribution in [0, 0.1) is 5.92 Å². The van der Waals surface area contributed by atoms with Gasteiger partial charge in [0, 0.05) is 18.7 Å². The molecule has 0 aliphatic carbocycles. The summed E-state index contributed by atoms with van der Waals surface area (Å²) in [4.78, 5) is 26.5. The Morgan fingerprint density at radius 1 is 1.16 bits per heavy atom. The lowest BCUT2D eigenvalue weighted by molar-refractivity contribution is -0.123. The van der Waals surface area contributed by atoms with E-state index in [2.05, 4.69) is 46.7 Å². The van der Waals surface area contributed by atoms with E-state index in [1.54, 1.807) is 6.07 Å². The molecular weight excluding hydrogens is 390 g/mol. The van der Waals surface area contributed by atoms with Crippen molar-refractivity contribution in [3.05, 3.63) is 59.7 Å². The van der Waals surface area contributed by atoms with Crippen molar-refractivity contribution in [1.82, 2.24) is 10.2 Å². The summed E-state index contributed by atoms with van der Waals surface area (Å²) in [5.41, 5.74) is 3.10. The quantitative estimate of drug-likeness (QED) is 0.717. The number of likely N-dealkylation sites (tertiary alicyclic amines) is 1. The Morgan fingerprint density at radius 2 is 1.94 bits per heavy atom. The Bertz CT molecular complexity index is 907. The van der Waals surface area contributed by atoms with Gasteiger partial charge in [-0.25, -0.2) is 0 Å². The van der Waals surface area contributed by atoms with Gasteiger partial charge in [0.05, 0.1) is 6.04 Å². The number of carbonyl (C=O) groups is 2. The maximum Gasteiger partial charge on any atom is 0.258 e. The zero-order valence-electron chi connectivity index (χ0n) is 18.1. The normalized spacial score (nSPS) is 18.0. The monoisotopic (exact) mass is 421 g/mol. The molecule has 164 valence electrons. The fraction of sp³-hybridized carbons (Fsp3) is 0.440. The van der Waals surface area contributed by atoms with Crippen molar-refractivity contribution >= 4 is 17.5 Å². The highest BCUT2D eigenvalue weighted by Gasteiger charge is 2.25. The number of hydrogen-bond acceptors (Lipinski definition) is 4. The van der Waals surface area contributed by atoms with Gasteiger partial charge in [-0.05, 0) is 67.6 Å². The van der Waals surface area contributed by atoms with Gasteiger partial charge in [0.2, 0.25) is 5.91 Å². The first-order valence-electron chi connectivity index (χ1n) is 11.2. The van der Waals surface area contributed by atoms with E-state index in [9.17, 15) is 9.59 Å². The maximum absolute atomic E-state index is 12.5. The minimum absolute atomic E-state index is 0.0241. The minimum Gasteiger partial charge on any atom is -0.484 e. The number of piperidine rings is 1. The van der Waals surface area contributed by atoms with Crippen LogP contribution in [0.4, 0.5) is 5.69 Å². The van der Waals surface area contributed by atoms with Crippen LogP contribution in [0.5, 0.6) is 5.75 Å². The molecule has 2 N–H and O–H groups in total. The minimum atomic E-state index is -0.127. The molecule has 31 heavy (non-hydrogen) atoms. The lowest BCUT2D eigenvalue weighted by Crippen LogP contribution is -2.42. The molecule has 0 aromatic heterocycles. The van der Waals surface area contributed by atoms with Crippen LogP contribution in [-0.2, 0) is 16.0 Å². The third-order valence-corrected chi connectivity index (χ3v) is 6.28. The molecule has 2 heterocycles. The van der Waals surface area contributed by atoms with E-state index < -0.39 is 0 Å². The predicted octanol–water partition coefficient (Wildman–Crippen LogP) is 3.54. The molecule has 0 bridgehead atoms. The lowest BCUT2D eigenvalue weighted by atomic mass is 9.95. The van der Waals surface area contributed by atoms with Crippen LogP contribution in [0.3, 0.4) is 0 Å². The third-order valence-electron chi connectivity index (χ3n) is 6.28. The van der Waals surface area contributed by atoms with Crippen molar-refractivity contribution in [2.75, 3.05) is 31.6 Å². The van der Waals surface area contributed by atoms with E-state index in [4.69, 9.17) is 4.74 Å². The first-order chi connectivity index (χ1) is 15.1. The molecule has 0 radical (unpaired) electrons. The number of ether oxygens (including phenoxy) is 1. The lowest BCUT2D eigenvalue weighted by Gasteiger charge is -2.37. The Kier molecular flexibility index (Phi) is 6.87. The number of benzene rings is 2. The average molecular weight is 422 g/mol. The summed E-state index contributed by atoms with van der Waals surface area (Å²) in [6.07, 6.45) is 3.56. The summed E-state index contributed by atoms with van der Waals surface area (Å²) in [7, 11) is 0. The largest absolute Gasteiger partial charge is 0.484 e. The van der Waals surface area contributed by atoms with Crippen molar-refractivity contribution < 1.29 is 14.3 Å². The van der Waals surface area contributed by atoms with Crippen molar-refractivity contribution in [2.24, 2.45) is 5.92 Å². The van der Waals surface area contributed by atoms with E-state index in [1.165, 1.54) is 18.4 Å². The predicted molar refractivity (Wildman–Crippen MR) is 121 cm³/mol. The second kappa shape index (κ2) is 9.96. The number of nitrogens with one attached hydrogen (secondary N) is 2. The van der Waals surface area contributed by atoms with Gasteiger partial charge in [-0.3, -0.25) is 14.5 Å². The molecule has 6 nitrogen and oxygen atoms in total. The molecule has 1 fully saturated rings. The molecule has 1 unspecified atom stereocenters. The SMILES string of the molecule is CC1CCN(C(CNC(=O)COc2ccc3c(c2)CCC(=O)N3)c2ccccc2)CC1. The van der Waals surface area contributed by atoms with Gasteiger partial charge in [-0.15, -0.1) is 0 Å². The number of nitrogens with zero attached hydrogens (tertiary/aromatic N) is 1. The van der Waals surface area contributed by atoms with Crippen molar-refractivity contribution in [2.45, 2.75) is 38.6 Å². The smallest absolute Gasteiger partial charge is 0.258 e. The molecule has 0 spiro atoms. The molecule has 2 aliphatic heterocycles. The summed E-state index contributed by atoms with van der Waals surface area (Å²) in [5, 5.41) is 5.92. The second-order valence-corrected chi connectivity index (χ2v) is 8.60. The van der Waals surface area contributed by atoms with E-state index in [0.717, 1.165) is 30.3 Å².